The smallest absolute Gasteiger partial charge is 0.164 e. The highest BCUT2D eigenvalue weighted by atomic mass is 16.5. The number of ether oxygens (including phenoxy) is 2. The van der Waals surface area contributed by atoms with Crippen molar-refractivity contribution in [2.24, 2.45) is 0 Å². The fourth-order valence-electron chi connectivity index (χ4n) is 2.01. The Hall–Kier alpha value is -1.35. The lowest BCUT2D eigenvalue weighted by atomic mass is 9.92. The third-order valence-electron chi connectivity index (χ3n) is 3.53. The fourth-order valence-corrected chi connectivity index (χ4v) is 2.01. The summed E-state index contributed by atoms with van der Waals surface area (Å²) in [5.74, 6) is 1.01. The van der Waals surface area contributed by atoms with Crippen LogP contribution in [0.1, 0.15) is 39.2 Å². The zero-order valence-corrected chi connectivity index (χ0v) is 12.4. The Labute approximate surface area is 115 Å². The topological polar surface area (TPSA) is 35.5 Å². The molecule has 3 nitrogen and oxygen atoms in total. The summed E-state index contributed by atoms with van der Waals surface area (Å²) in [6.45, 7) is 6.36. The standard InChI is InChI=1S/C16H24O3/c1-5-16(3,19-6-2)15(17)12-9-13-7-10-14(18-4)11-8-13/h7-8,10-11H,5-6,9,12H2,1-4H3. The van der Waals surface area contributed by atoms with Crippen molar-refractivity contribution < 1.29 is 14.3 Å². The van der Waals surface area contributed by atoms with Crippen LogP contribution in [0.2, 0.25) is 0 Å². The average Bonchev–Trinajstić information content (AvgIpc) is 2.45. The lowest BCUT2D eigenvalue weighted by molar-refractivity contribution is -0.142. The van der Waals surface area contributed by atoms with Crippen LogP contribution < -0.4 is 4.74 Å². The van der Waals surface area contributed by atoms with E-state index in [2.05, 4.69) is 0 Å². The molecule has 0 aliphatic heterocycles. The second-order valence-corrected chi connectivity index (χ2v) is 4.79. The maximum absolute atomic E-state index is 12.2. The van der Waals surface area contributed by atoms with Gasteiger partial charge < -0.3 is 9.47 Å². The van der Waals surface area contributed by atoms with Crippen LogP contribution in [0.25, 0.3) is 0 Å². The minimum absolute atomic E-state index is 0.174. The lowest BCUT2D eigenvalue weighted by Crippen LogP contribution is -2.38. The summed E-state index contributed by atoms with van der Waals surface area (Å²) in [5.41, 5.74) is 0.505. The number of carbonyl (C=O) groups excluding carboxylic acids is 1. The van der Waals surface area contributed by atoms with E-state index in [1.807, 2.05) is 45.0 Å². The molecule has 0 spiro atoms. The predicted octanol–water partition coefficient (Wildman–Crippen LogP) is 3.40. The summed E-state index contributed by atoms with van der Waals surface area (Å²) in [7, 11) is 1.65. The largest absolute Gasteiger partial charge is 0.497 e. The monoisotopic (exact) mass is 264 g/mol. The summed E-state index contributed by atoms with van der Waals surface area (Å²) in [6.07, 6.45) is 1.96. The molecule has 1 rings (SSSR count). The molecule has 1 unspecified atom stereocenters. The molecule has 0 aliphatic rings. The maximum atomic E-state index is 12.2. The first-order chi connectivity index (χ1) is 9.05. The van der Waals surface area contributed by atoms with Gasteiger partial charge in [-0.3, -0.25) is 4.79 Å². The van der Waals surface area contributed by atoms with Gasteiger partial charge in [-0.1, -0.05) is 19.1 Å². The van der Waals surface area contributed by atoms with Crippen molar-refractivity contribution in [2.75, 3.05) is 13.7 Å². The van der Waals surface area contributed by atoms with E-state index >= 15 is 0 Å². The number of methoxy groups -OCH3 is 1. The zero-order valence-electron chi connectivity index (χ0n) is 12.4. The van der Waals surface area contributed by atoms with E-state index in [0.29, 0.717) is 19.4 Å². The molecule has 0 saturated carbocycles. The van der Waals surface area contributed by atoms with Crippen LogP contribution in [0.5, 0.6) is 5.75 Å². The van der Waals surface area contributed by atoms with Crippen molar-refractivity contribution in [1.82, 2.24) is 0 Å². The summed E-state index contributed by atoms with van der Waals surface area (Å²) in [4.78, 5) is 12.2. The Morgan fingerprint density at radius 2 is 1.84 bits per heavy atom. The van der Waals surface area contributed by atoms with E-state index < -0.39 is 5.60 Å². The molecular formula is C16H24O3. The molecule has 1 aromatic carbocycles. The highest BCUT2D eigenvalue weighted by Gasteiger charge is 2.30. The Balaban J connectivity index is 2.57. The van der Waals surface area contributed by atoms with E-state index in [0.717, 1.165) is 17.7 Å². The maximum Gasteiger partial charge on any atom is 0.164 e. The molecule has 0 saturated heterocycles. The number of ketones is 1. The first-order valence-electron chi connectivity index (χ1n) is 6.86. The van der Waals surface area contributed by atoms with Gasteiger partial charge in [-0.2, -0.15) is 0 Å². The first-order valence-corrected chi connectivity index (χ1v) is 6.86. The minimum Gasteiger partial charge on any atom is -0.497 e. The van der Waals surface area contributed by atoms with Crippen LogP contribution in [0, 0.1) is 0 Å². The third kappa shape index (κ3) is 4.35. The number of carbonyl (C=O) groups is 1. The number of hydrogen-bond donors (Lipinski definition) is 0. The Morgan fingerprint density at radius 1 is 1.21 bits per heavy atom. The second kappa shape index (κ2) is 7.29. The van der Waals surface area contributed by atoms with E-state index in [1.54, 1.807) is 7.11 Å². The molecule has 3 heteroatoms. The summed E-state index contributed by atoms with van der Waals surface area (Å²) >= 11 is 0. The minimum atomic E-state index is -0.638. The van der Waals surface area contributed by atoms with Crippen LogP contribution in [0.3, 0.4) is 0 Å². The van der Waals surface area contributed by atoms with E-state index in [9.17, 15) is 4.79 Å². The van der Waals surface area contributed by atoms with Crippen LogP contribution in [-0.2, 0) is 16.0 Å². The molecule has 0 fully saturated rings. The van der Waals surface area contributed by atoms with Gasteiger partial charge in [-0.05, 0) is 44.4 Å². The van der Waals surface area contributed by atoms with Gasteiger partial charge in [0, 0.05) is 13.0 Å². The van der Waals surface area contributed by atoms with Crippen LogP contribution in [-0.4, -0.2) is 25.1 Å². The molecular weight excluding hydrogens is 240 g/mol. The number of rotatable bonds is 8. The van der Waals surface area contributed by atoms with Gasteiger partial charge in [-0.15, -0.1) is 0 Å². The fraction of sp³-hybridized carbons (Fsp3) is 0.562. The van der Waals surface area contributed by atoms with Crippen LogP contribution >= 0.6 is 0 Å². The average molecular weight is 264 g/mol. The second-order valence-electron chi connectivity index (χ2n) is 4.79. The Morgan fingerprint density at radius 3 is 2.32 bits per heavy atom. The van der Waals surface area contributed by atoms with Crippen molar-refractivity contribution in [2.45, 2.75) is 45.6 Å². The van der Waals surface area contributed by atoms with Gasteiger partial charge in [0.1, 0.15) is 11.4 Å². The normalized spacial score (nSPS) is 13.9. The number of Topliss-reactive ketones (excluding diaryl/α,β-unsaturated/α-hetero) is 1. The zero-order chi connectivity index (χ0) is 14.3. The lowest BCUT2D eigenvalue weighted by Gasteiger charge is -2.26. The number of hydrogen-bond acceptors (Lipinski definition) is 3. The molecule has 0 aliphatic carbocycles. The van der Waals surface area contributed by atoms with Crippen LogP contribution in [0.4, 0.5) is 0 Å². The first kappa shape index (κ1) is 15.7. The molecule has 0 radical (unpaired) electrons. The highest BCUT2D eigenvalue weighted by molar-refractivity contribution is 5.87. The number of benzene rings is 1. The molecule has 0 N–H and O–H groups in total. The van der Waals surface area contributed by atoms with E-state index in [4.69, 9.17) is 9.47 Å². The van der Waals surface area contributed by atoms with Gasteiger partial charge in [0.2, 0.25) is 0 Å². The van der Waals surface area contributed by atoms with Crippen molar-refractivity contribution >= 4 is 5.78 Å². The third-order valence-corrected chi connectivity index (χ3v) is 3.53. The molecule has 1 aromatic rings. The number of aryl methyl sites for hydroxylation is 1. The van der Waals surface area contributed by atoms with Gasteiger partial charge in [0.15, 0.2) is 5.78 Å². The molecule has 0 aromatic heterocycles. The van der Waals surface area contributed by atoms with E-state index in [-0.39, 0.29) is 5.78 Å². The van der Waals surface area contributed by atoms with Gasteiger partial charge in [-0.25, -0.2) is 0 Å². The summed E-state index contributed by atoms with van der Waals surface area (Å²) in [5, 5.41) is 0. The summed E-state index contributed by atoms with van der Waals surface area (Å²) < 4.78 is 10.7. The van der Waals surface area contributed by atoms with Gasteiger partial charge in [0.05, 0.1) is 7.11 Å². The molecule has 0 amide bonds. The SMILES string of the molecule is CCOC(C)(CC)C(=O)CCc1ccc(OC)cc1. The van der Waals surface area contributed by atoms with Gasteiger partial charge >= 0.3 is 0 Å². The van der Waals surface area contributed by atoms with Crippen molar-refractivity contribution in [3.05, 3.63) is 29.8 Å². The van der Waals surface area contributed by atoms with Crippen molar-refractivity contribution in [3.8, 4) is 5.75 Å². The highest BCUT2D eigenvalue weighted by Crippen LogP contribution is 2.20. The summed E-state index contributed by atoms with van der Waals surface area (Å²) in [6, 6.07) is 7.83. The van der Waals surface area contributed by atoms with Crippen LogP contribution in [0.15, 0.2) is 24.3 Å². The van der Waals surface area contributed by atoms with Gasteiger partial charge in [0.25, 0.3) is 0 Å². The molecule has 0 heterocycles. The quantitative estimate of drug-likeness (QED) is 0.722. The Kier molecular flexibility index (Phi) is 6.03. The Bertz CT molecular complexity index is 397. The molecule has 106 valence electrons. The predicted molar refractivity (Wildman–Crippen MR) is 76.6 cm³/mol. The molecule has 1 atom stereocenters. The molecule has 0 bridgehead atoms. The molecule has 19 heavy (non-hydrogen) atoms. The van der Waals surface area contributed by atoms with Crippen molar-refractivity contribution in [1.29, 1.82) is 0 Å². The van der Waals surface area contributed by atoms with E-state index in [1.165, 1.54) is 0 Å². The van der Waals surface area contributed by atoms with Crippen molar-refractivity contribution in [3.63, 3.8) is 0 Å².